The van der Waals surface area contributed by atoms with Gasteiger partial charge in [0.2, 0.25) is 0 Å². The van der Waals surface area contributed by atoms with Crippen LogP contribution in [-0.2, 0) is 15.1 Å². The van der Waals surface area contributed by atoms with E-state index in [4.69, 9.17) is 4.74 Å². The van der Waals surface area contributed by atoms with Crippen molar-refractivity contribution in [3.8, 4) is 11.1 Å². The second-order valence-electron chi connectivity index (χ2n) is 6.40. The molecule has 0 aliphatic carbocycles. The monoisotopic (exact) mass is 321 g/mol. The molecule has 0 unspecified atom stereocenters. The molecule has 0 bridgehead atoms. The molecular formula is C21H23NO2. The van der Waals surface area contributed by atoms with Gasteiger partial charge in [0.05, 0.1) is 6.04 Å². The Morgan fingerprint density at radius 2 is 2.00 bits per heavy atom. The van der Waals surface area contributed by atoms with Gasteiger partial charge in [-0.25, -0.2) is 0 Å². The molecule has 124 valence electrons. The van der Waals surface area contributed by atoms with E-state index in [2.05, 4.69) is 61.3 Å². The molecule has 0 aromatic heterocycles. The number of nitrogens with one attached hydrogen (secondary N) is 1. The fourth-order valence-electron chi connectivity index (χ4n) is 3.44. The molecule has 0 radical (unpaired) electrons. The van der Waals surface area contributed by atoms with E-state index >= 15 is 0 Å². The lowest BCUT2D eigenvalue weighted by Crippen LogP contribution is -2.30. The molecule has 3 nitrogen and oxygen atoms in total. The zero-order chi connectivity index (χ0) is 17.2. The Kier molecular flexibility index (Phi) is 4.65. The fraction of sp³-hybridized carbons (Fsp3) is 0.286. The van der Waals surface area contributed by atoms with E-state index < -0.39 is 5.60 Å². The van der Waals surface area contributed by atoms with Crippen molar-refractivity contribution in [1.29, 1.82) is 0 Å². The van der Waals surface area contributed by atoms with Gasteiger partial charge in [0.15, 0.2) is 0 Å². The van der Waals surface area contributed by atoms with E-state index in [9.17, 15) is 4.79 Å². The molecule has 0 saturated carbocycles. The summed E-state index contributed by atoms with van der Waals surface area (Å²) in [4.78, 5) is 11.1. The number of aryl methyl sites for hydroxylation is 1. The van der Waals surface area contributed by atoms with Crippen LogP contribution in [0.3, 0.4) is 0 Å². The lowest BCUT2D eigenvalue weighted by atomic mass is 9.89. The van der Waals surface area contributed by atoms with Crippen molar-refractivity contribution < 1.29 is 9.53 Å². The Bertz CT molecular complexity index is 751. The highest BCUT2D eigenvalue weighted by Crippen LogP contribution is 2.35. The summed E-state index contributed by atoms with van der Waals surface area (Å²) in [5.41, 5.74) is 5.34. The van der Waals surface area contributed by atoms with Crippen LogP contribution in [0.5, 0.6) is 0 Å². The maximum absolute atomic E-state index is 11.1. The Balaban J connectivity index is 1.95. The van der Waals surface area contributed by atoms with Crippen molar-refractivity contribution in [3.63, 3.8) is 0 Å². The quantitative estimate of drug-likeness (QED) is 0.853. The van der Waals surface area contributed by atoms with Gasteiger partial charge in [-0.15, -0.1) is 0 Å². The minimum absolute atomic E-state index is 0.145. The first-order valence-corrected chi connectivity index (χ1v) is 8.20. The summed E-state index contributed by atoms with van der Waals surface area (Å²) in [6, 6.07) is 14.7. The predicted octanol–water partition coefficient (Wildman–Crippen LogP) is 3.71. The summed E-state index contributed by atoms with van der Waals surface area (Å²) < 4.78 is 5.79. The van der Waals surface area contributed by atoms with Crippen LogP contribution in [0.2, 0.25) is 0 Å². The molecule has 1 aliphatic heterocycles. The van der Waals surface area contributed by atoms with Crippen LogP contribution in [0.15, 0.2) is 49.0 Å². The van der Waals surface area contributed by atoms with Crippen LogP contribution in [0, 0.1) is 6.92 Å². The molecule has 1 N–H and O–H groups in total. The first-order chi connectivity index (χ1) is 11.6. The first kappa shape index (κ1) is 16.6. The summed E-state index contributed by atoms with van der Waals surface area (Å²) in [6.45, 7) is 6.65. The zero-order valence-corrected chi connectivity index (χ0v) is 14.2. The van der Waals surface area contributed by atoms with E-state index in [1.54, 1.807) is 7.11 Å². The molecule has 1 fully saturated rings. The second kappa shape index (κ2) is 6.71. The Labute approximate surface area is 143 Å². The number of carbonyl (C=O) groups excluding carboxylic acids is 1. The molecule has 0 spiro atoms. The van der Waals surface area contributed by atoms with Gasteiger partial charge in [0.25, 0.3) is 0 Å². The SMILES string of the molecule is C=Cc1ccc(C)cc1-c1ccc([C@@]2(OC)CN[C@H](C=O)C2)cc1. The van der Waals surface area contributed by atoms with E-state index in [0.29, 0.717) is 13.0 Å². The molecule has 1 aliphatic rings. The van der Waals surface area contributed by atoms with Gasteiger partial charge in [-0.2, -0.15) is 0 Å². The van der Waals surface area contributed by atoms with E-state index in [1.807, 2.05) is 6.08 Å². The van der Waals surface area contributed by atoms with Crippen molar-refractivity contribution in [2.45, 2.75) is 25.0 Å². The molecular weight excluding hydrogens is 298 g/mol. The van der Waals surface area contributed by atoms with Crippen molar-refractivity contribution in [2.75, 3.05) is 13.7 Å². The predicted molar refractivity (Wildman–Crippen MR) is 97.9 cm³/mol. The Morgan fingerprint density at radius 3 is 2.58 bits per heavy atom. The highest BCUT2D eigenvalue weighted by atomic mass is 16.5. The first-order valence-electron chi connectivity index (χ1n) is 8.20. The van der Waals surface area contributed by atoms with E-state index in [1.165, 1.54) is 11.1 Å². The third kappa shape index (κ3) is 2.93. The second-order valence-corrected chi connectivity index (χ2v) is 6.40. The van der Waals surface area contributed by atoms with Crippen LogP contribution in [0.1, 0.15) is 23.1 Å². The number of rotatable bonds is 5. The van der Waals surface area contributed by atoms with Crippen LogP contribution in [-0.4, -0.2) is 26.0 Å². The minimum Gasteiger partial charge on any atom is -0.372 e. The van der Waals surface area contributed by atoms with Gasteiger partial charge in [0, 0.05) is 20.1 Å². The number of ether oxygens (including phenoxy) is 1. The molecule has 2 aromatic rings. The molecule has 3 heteroatoms. The van der Waals surface area contributed by atoms with Crippen molar-refractivity contribution in [3.05, 3.63) is 65.7 Å². The molecule has 1 saturated heterocycles. The summed E-state index contributed by atoms with van der Waals surface area (Å²) in [5, 5.41) is 3.21. The smallest absolute Gasteiger partial charge is 0.137 e. The normalized spacial score (nSPS) is 23.2. The lowest BCUT2D eigenvalue weighted by molar-refractivity contribution is -0.109. The van der Waals surface area contributed by atoms with Gasteiger partial charge in [-0.05, 0) is 29.2 Å². The largest absolute Gasteiger partial charge is 0.372 e. The summed E-state index contributed by atoms with van der Waals surface area (Å²) in [5.74, 6) is 0. The summed E-state index contributed by atoms with van der Waals surface area (Å²) in [6.07, 6.45) is 3.50. The third-order valence-electron chi connectivity index (χ3n) is 4.91. The average Bonchev–Trinajstić information content (AvgIpc) is 3.07. The Hall–Kier alpha value is -2.23. The maximum atomic E-state index is 11.1. The van der Waals surface area contributed by atoms with Gasteiger partial charge < -0.3 is 14.8 Å². The van der Waals surface area contributed by atoms with Crippen LogP contribution < -0.4 is 5.32 Å². The number of hydrogen-bond donors (Lipinski definition) is 1. The molecule has 24 heavy (non-hydrogen) atoms. The molecule has 0 amide bonds. The van der Waals surface area contributed by atoms with Gasteiger partial charge in [-0.1, -0.05) is 60.7 Å². The minimum atomic E-state index is -0.433. The molecule has 2 atom stereocenters. The highest BCUT2D eigenvalue weighted by Gasteiger charge is 2.40. The van der Waals surface area contributed by atoms with Crippen LogP contribution in [0.25, 0.3) is 17.2 Å². The zero-order valence-electron chi connectivity index (χ0n) is 14.2. The lowest BCUT2D eigenvalue weighted by Gasteiger charge is -2.27. The van der Waals surface area contributed by atoms with Gasteiger partial charge >= 0.3 is 0 Å². The highest BCUT2D eigenvalue weighted by molar-refractivity contribution is 5.75. The fourth-order valence-corrected chi connectivity index (χ4v) is 3.44. The molecule has 1 heterocycles. The topological polar surface area (TPSA) is 38.3 Å². The van der Waals surface area contributed by atoms with Crippen molar-refractivity contribution >= 4 is 12.4 Å². The van der Waals surface area contributed by atoms with E-state index in [0.717, 1.165) is 23.0 Å². The van der Waals surface area contributed by atoms with Crippen molar-refractivity contribution in [1.82, 2.24) is 5.32 Å². The van der Waals surface area contributed by atoms with Gasteiger partial charge in [0.1, 0.15) is 11.9 Å². The number of hydrogen-bond acceptors (Lipinski definition) is 3. The summed E-state index contributed by atoms with van der Waals surface area (Å²) in [7, 11) is 1.71. The number of methoxy groups -OCH3 is 1. The average molecular weight is 321 g/mol. The van der Waals surface area contributed by atoms with Crippen LogP contribution in [0.4, 0.5) is 0 Å². The van der Waals surface area contributed by atoms with Crippen LogP contribution >= 0.6 is 0 Å². The molecule has 2 aromatic carbocycles. The number of benzene rings is 2. The number of aldehydes is 1. The third-order valence-corrected chi connectivity index (χ3v) is 4.91. The summed E-state index contributed by atoms with van der Waals surface area (Å²) >= 11 is 0. The van der Waals surface area contributed by atoms with E-state index in [-0.39, 0.29) is 6.04 Å². The van der Waals surface area contributed by atoms with Gasteiger partial charge in [-0.3, -0.25) is 0 Å². The molecule has 3 rings (SSSR count). The van der Waals surface area contributed by atoms with Crippen molar-refractivity contribution in [2.24, 2.45) is 0 Å². The Morgan fingerprint density at radius 1 is 1.25 bits per heavy atom. The standard InChI is InChI=1S/C21H23NO2/c1-4-16-6-5-15(2)11-20(16)17-7-9-18(10-8-17)21(24-3)12-19(13-23)22-14-21/h4-11,13,19,22H,1,12,14H2,2-3H3/t19-,21-/m0/s1. The maximum Gasteiger partial charge on any atom is 0.137 e. The number of carbonyl (C=O) groups is 1.